The van der Waals surface area contributed by atoms with Gasteiger partial charge in [0.05, 0.1) is 0 Å². The van der Waals surface area contributed by atoms with E-state index in [0.717, 1.165) is 43.9 Å². The summed E-state index contributed by atoms with van der Waals surface area (Å²) in [6, 6.07) is 5.41. The molecule has 3 rings (SSSR count). The number of nitrogens with zero attached hydrogens (tertiary/aromatic N) is 1. The van der Waals surface area contributed by atoms with Gasteiger partial charge in [-0.3, -0.25) is 4.90 Å². The number of rotatable bonds is 2. The van der Waals surface area contributed by atoms with E-state index in [1.165, 1.54) is 12.8 Å². The van der Waals surface area contributed by atoms with E-state index in [4.69, 9.17) is 0 Å². The van der Waals surface area contributed by atoms with Gasteiger partial charge < -0.3 is 5.32 Å². The van der Waals surface area contributed by atoms with Crippen LogP contribution in [0, 0.1) is 18.2 Å². The molecule has 1 spiro atoms. The Bertz CT molecular complexity index is 438. The molecule has 2 nitrogen and oxygen atoms in total. The molecule has 1 N–H and O–H groups in total. The summed E-state index contributed by atoms with van der Waals surface area (Å²) in [4.78, 5) is 2.41. The Hall–Kier alpha value is -0.930. The Morgan fingerprint density at radius 1 is 1.39 bits per heavy atom. The largest absolute Gasteiger partial charge is 0.316 e. The van der Waals surface area contributed by atoms with Gasteiger partial charge in [0.15, 0.2) is 0 Å². The number of benzene rings is 1. The zero-order chi connectivity index (χ0) is 12.6. The number of hydrogen-bond acceptors (Lipinski definition) is 2. The molecule has 2 aliphatic heterocycles. The van der Waals surface area contributed by atoms with Crippen LogP contribution >= 0.6 is 0 Å². The molecule has 2 fully saturated rings. The molecule has 1 unspecified atom stereocenters. The van der Waals surface area contributed by atoms with Gasteiger partial charge in [-0.05, 0) is 44.3 Å². The predicted octanol–water partition coefficient (Wildman–Crippen LogP) is 2.32. The number of halogens is 1. The highest BCUT2D eigenvalue weighted by atomic mass is 19.1. The second-order valence-electron chi connectivity index (χ2n) is 5.98. The van der Waals surface area contributed by atoms with Crippen molar-refractivity contribution < 1.29 is 4.39 Å². The van der Waals surface area contributed by atoms with Crippen LogP contribution in [0.3, 0.4) is 0 Å². The standard InChI is InChI=1S/C15H21FN2/c1-12-2-3-14(16)13(8-12)9-18-7-5-15(11-18)4-6-17-10-15/h2-3,8,17H,4-7,9-11H2,1H3. The maximum absolute atomic E-state index is 13.8. The maximum Gasteiger partial charge on any atom is 0.127 e. The first-order valence-electron chi connectivity index (χ1n) is 6.85. The van der Waals surface area contributed by atoms with Crippen LogP contribution in [-0.2, 0) is 6.54 Å². The Morgan fingerprint density at radius 3 is 3.06 bits per heavy atom. The Kier molecular flexibility index (Phi) is 3.12. The fraction of sp³-hybridized carbons (Fsp3) is 0.600. The van der Waals surface area contributed by atoms with Crippen molar-refractivity contribution in [2.75, 3.05) is 26.2 Å². The van der Waals surface area contributed by atoms with Crippen LogP contribution in [0.5, 0.6) is 0 Å². The molecule has 0 bridgehead atoms. The lowest BCUT2D eigenvalue weighted by Crippen LogP contribution is -2.29. The summed E-state index contributed by atoms with van der Waals surface area (Å²) in [6.45, 7) is 7.29. The van der Waals surface area contributed by atoms with Crippen molar-refractivity contribution in [1.82, 2.24) is 10.2 Å². The minimum absolute atomic E-state index is 0.0638. The molecule has 1 aromatic rings. The summed E-state index contributed by atoms with van der Waals surface area (Å²) in [5, 5.41) is 3.46. The highest BCUT2D eigenvalue weighted by Gasteiger charge is 2.40. The quantitative estimate of drug-likeness (QED) is 0.864. The molecule has 2 aliphatic rings. The number of nitrogens with one attached hydrogen (secondary N) is 1. The van der Waals surface area contributed by atoms with E-state index in [9.17, 15) is 4.39 Å². The fourth-order valence-corrected chi connectivity index (χ4v) is 3.37. The van der Waals surface area contributed by atoms with Gasteiger partial charge in [0.1, 0.15) is 5.82 Å². The Balaban J connectivity index is 1.69. The van der Waals surface area contributed by atoms with Gasteiger partial charge in [-0.15, -0.1) is 0 Å². The van der Waals surface area contributed by atoms with E-state index in [1.54, 1.807) is 6.07 Å². The lowest BCUT2D eigenvalue weighted by atomic mass is 9.86. The first-order chi connectivity index (χ1) is 8.67. The van der Waals surface area contributed by atoms with Gasteiger partial charge in [-0.25, -0.2) is 4.39 Å². The number of hydrogen-bond donors (Lipinski definition) is 1. The minimum Gasteiger partial charge on any atom is -0.316 e. The molecular formula is C15H21FN2. The summed E-state index contributed by atoms with van der Waals surface area (Å²) < 4.78 is 13.8. The third-order valence-electron chi connectivity index (χ3n) is 4.44. The Morgan fingerprint density at radius 2 is 2.28 bits per heavy atom. The van der Waals surface area contributed by atoms with Crippen LogP contribution in [0.15, 0.2) is 18.2 Å². The van der Waals surface area contributed by atoms with Crippen molar-refractivity contribution in [3.8, 4) is 0 Å². The molecule has 0 saturated carbocycles. The van der Waals surface area contributed by atoms with E-state index in [2.05, 4.69) is 10.2 Å². The molecule has 0 aromatic heterocycles. The summed E-state index contributed by atoms with van der Waals surface area (Å²) in [7, 11) is 0. The van der Waals surface area contributed by atoms with Crippen LogP contribution < -0.4 is 5.32 Å². The monoisotopic (exact) mass is 248 g/mol. The molecule has 3 heteroatoms. The molecule has 18 heavy (non-hydrogen) atoms. The summed E-state index contributed by atoms with van der Waals surface area (Å²) in [6.07, 6.45) is 2.53. The van der Waals surface area contributed by atoms with Gasteiger partial charge in [0.2, 0.25) is 0 Å². The van der Waals surface area contributed by atoms with Crippen molar-refractivity contribution in [1.29, 1.82) is 0 Å². The molecule has 0 amide bonds. The minimum atomic E-state index is -0.0638. The molecule has 0 radical (unpaired) electrons. The first-order valence-corrected chi connectivity index (χ1v) is 6.85. The van der Waals surface area contributed by atoms with Crippen LogP contribution in [0.2, 0.25) is 0 Å². The molecule has 2 heterocycles. The van der Waals surface area contributed by atoms with Crippen LogP contribution in [0.1, 0.15) is 24.0 Å². The smallest absolute Gasteiger partial charge is 0.127 e. The van der Waals surface area contributed by atoms with Gasteiger partial charge in [0, 0.05) is 25.2 Å². The second-order valence-corrected chi connectivity index (χ2v) is 5.98. The maximum atomic E-state index is 13.8. The zero-order valence-corrected chi connectivity index (χ0v) is 11.0. The average molecular weight is 248 g/mol. The summed E-state index contributed by atoms with van der Waals surface area (Å²) in [5.74, 6) is -0.0638. The van der Waals surface area contributed by atoms with Gasteiger partial charge in [0.25, 0.3) is 0 Å². The number of aryl methyl sites for hydroxylation is 1. The van der Waals surface area contributed by atoms with Gasteiger partial charge in [-0.2, -0.15) is 0 Å². The van der Waals surface area contributed by atoms with Crippen LogP contribution in [0.25, 0.3) is 0 Å². The van der Waals surface area contributed by atoms with E-state index in [0.29, 0.717) is 5.41 Å². The van der Waals surface area contributed by atoms with Crippen molar-refractivity contribution in [3.05, 3.63) is 35.1 Å². The molecular weight excluding hydrogens is 227 g/mol. The second kappa shape index (κ2) is 4.63. The summed E-state index contributed by atoms with van der Waals surface area (Å²) >= 11 is 0. The Labute approximate surface area is 108 Å². The van der Waals surface area contributed by atoms with E-state index in [1.807, 2.05) is 19.1 Å². The first kappa shape index (κ1) is 12.1. The molecule has 1 aromatic carbocycles. The zero-order valence-electron chi connectivity index (χ0n) is 11.0. The van der Waals surface area contributed by atoms with Crippen molar-refractivity contribution >= 4 is 0 Å². The van der Waals surface area contributed by atoms with Crippen molar-refractivity contribution in [2.24, 2.45) is 5.41 Å². The van der Waals surface area contributed by atoms with Gasteiger partial charge in [-0.1, -0.05) is 17.7 Å². The predicted molar refractivity (Wildman–Crippen MR) is 71.0 cm³/mol. The summed E-state index contributed by atoms with van der Waals surface area (Å²) in [5.41, 5.74) is 2.46. The van der Waals surface area contributed by atoms with Gasteiger partial charge >= 0.3 is 0 Å². The lowest BCUT2D eigenvalue weighted by molar-refractivity contribution is 0.266. The average Bonchev–Trinajstić information content (AvgIpc) is 2.95. The van der Waals surface area contributed by atoms with Crippen LogP contribution in [-0.4, -0.2) is 31.1 Å². The third kappa shape index (κ3) is 2.29. The van der Waals surface area contributed by atoms with E-state index in [-0.39, 0.29) is 5.82 Å². The SMILES string of the molecule is Cc1ccc(F)c(CN2CCC3(CCNC3)C2)c1. The third-order valence-corrected chi connectivity index (χ3v) is 4.44. The highest BCUT2D eigenvalue weighted by Crippen LogP contribution is 2.36. The fourth-order valence-electron chi connectivity index (χ4n) is 3.37. The van der Waals surface area contributed by atoms with Crippen molar-refractivity contribution in [2.45, 2.75) is 26.3 Å². The number of likely N-dealkylation sites (tertiary alicyclic amines) is 1. The lowest BCUT2D eigenvalue weighted by Gasteiger charge is -2.23. The molecule has 2 saturated heterocycles. The molecule has 1 atom stereocenters. The molecule has 98 valence electrons. The topological polar surface area (TPSA) is 15.3 Å². The normalized spacial score (nSPS) is 28.3. The van der Waals surface area contributed by atoms with E-state index >= 15 is 0 Å². The van der Waals surface area contributed by atoms with Crippen LogP contribution in [0.4, 0.5) is 4.39 Å². The molecule has 0 aliphatic carbocycles. The van der Waals surface area contributed by atoms with E-state index < -0.39 is 0 Å². The van der Waals surface area contributed by atoms with Crippen molar-refractivity contribution in [3.63, 3.8) is 0 Å². The highest BCUT2D eigenvalue weighted by molar-refractivity contribution is 5.24.